The third-order valence-corrected chi connectivity index (χ3v) is 6.69. The topological polar surface area (TPSA) is 101 Å². The fraction of sp³-hybridized carbons (Fsp3) is 0.190. The van der Waals surface area contributed by atoms with E-state index in [1.54, 1.807) is 6.20 Å². The van der Waals surface area contributed by atoms with Gasteiger partial charge in [0.05, 0.1) is 5.69 Å². The number of benzene rings is 1. The minimum absolute atomic E-state index is 0.118. The van der Waals surface area contributed by atoms with Crippen LogP contribution in [0.3, 0.4) is 0 Å². The molecule has 0 fully saturated rings. The number of pyridine rings is 1. The number of aryl methyl sites for hydroxylation is 2. The van der Waals surface area contributed by atoms with Crippen LogP contribution in [0.4, 0.5) is 15.6 Å². The van der Waals surface area contributed by atoms with Gasteiger partial charge in [-0.15, -0.1) is 10.2 Å². The van der Waals surface area contributed by atoms with Gasteiger partial charge in [0.1, 0.15) is 5.65 Å². The monoisotopic (exact) mass is 452 g/mol. The summed E-state index contributed by atoms with van der Waals surface area (Å²) in [4.78, 5) is 29.1. The minimum Gasteiger partial charge on any atom is -0.307 e. The van der Waals surface area contributed by atoms with E-state index in [1.807, 2.05) is 51.1 Å². The predicted molar refractivity (Wildman–Crippen MR) is 124 cm³/mol. The Kier molecular flexibility index (Phi) is 6.01. The number of nitrogens with one attached hydrogen (secondary N) is 2. The number of rotatable bonds is 5. The molecule has 0 spiro atoms. The SMILES string of the molecule is Cc1ccc2nc(CSc3nnc(NC(=O)Nc4cccc(C)c4C)s3)cc(=O)n2c1. The Hall–Kier alpha value is -3.24. The average molecular weight is 453 g/mol. The van der Waals surface area contributed by atoms with E-state index < -0.39 is 0 Å². The number of carbonyl (C=O) groups is 1. The minimum atomic E-state index is -0.374. The van der Waals surface area contributed by atoms with Crippen molar-refractivity contribution in [1.82, 2.24) is 19.6 Å². The van der Waals surface area contributed by atoms with Crippen LogP contribution in [-0.4, -0.2) is 25.6 Å². The highest BCUT2D eigenvalue weighted by Gasteiger charge is 2.11. The first-order valence-electron chi connectivity index (χ1n) is 9.48. The molecule has 2 N–H and O–H groups in total. The Morgan fingerprint density at radius 1 is 1.13 bits per heavy atom. The number of urea groups is 1. The number of nitrogens with zero attached hydrogens (tertiary/aromatic N) is 4. The second kappa shape index (κ2) is 8.86. The number of hydrogen-bond acceptors (Lipinski definition) is 7. The van der Waals surface area contributed by atoms with Crippen molar-refractivity contribution in [3.05, 3.63) is 75.3 Å². The Balaban J connectivity index is 1.38. The summed E-state index contributed by atoms with van der Waals surface area (Å²) in [5.74, 6) is 0.475. The van der Waals surface area contributed by atoms with Gasteiger partial charge in [0.2, 0.25) is 5.13 Å². The second-order valence-electron chi connectivity index (χ2n) is 7.01. The van der Waals surface area contributed by atoms with Crippen molar-refractivity contribution in [1.29, 1.82) is 0 Å². The highest BCUT2D eigenvalue weighted by molar-refractivity contribution is 8.00. The summed E-state index contributed by atoms with van der Waals surface area (Å²) in [6.07, 6.45) is 1.77. The first-order chi connectivity index (χ1) is 14.9. The van der Waals surface area contributed by atoms with Crippen molar-refractivity contribution in [2.45, 2.75) is 30.9 Å². The van der Waals surface area contributed by atoms with E-state index in [9.17, 15) is 9.59 Å². The van der Waals surface area contributed by atoms with E-state index in [4.69, 9.17) is 0 Å². The maximum absolute atomic E-state index is 12.3. The van der Waals surface area contributed by atoms with Crippen molar-refractivity contribution in [2.75, 3.05) is 10.6 Å². The van der Waals surface area contributed by atoms with E-state index >= 15 is 0 Å². The van der Waals surface area contributed by atoms with Gasteiger partial charge in [-0.25, -0.2) is 9.78 Å². The first kappa shape index (κ1) is 21.0. The number of hydrogen-bond donors (Lipinski definition) is 2. The zero-order chi connectivity index (χ0) is 22.0. The molecule has 4 rings (SSSR count). The van der Waals surface area contributed by atoms with E-state index in [1.165, 1.54) is 33.6 Å². The zero-order valence-corrected chi connectivity index (χ0v) is 18.8. The van der Waals surface area contributed by atoms with E-state index in [2.05, 4.69) is 25.8 Å². The fourth-order valence-corrected chi connectivity index (χ4v) is 4.56. The van der Waals surface area contributed by atoms with Crippen molar-refractivity contribution in [2.24, 2.45) is 0 Å². The molecule has 4 aromatic rings. The molecule has 0 aliphatic carbocycles. The number of carbonyl (C=O) groups excluding carboxylic acids is 1. The fourth-order valence-electron chi connectivity index (χ4n) is 2.92. The summed E-state index contributed by atoms with van der Waals surface area (Å²) in [5.41, 5.74) is 5.01. The van der Waals surface area contributed by atoms with Gasteiger partial charge in [-0.2, -0.15) is 0 Å². The highest BCUT2D eigenvalue weighted by Crippen LogP contribution is 2.28. The average Bonchev–Trinajstić information content (AvgIpc) is 3.17. The van der Waals surface area contributed by atoms with Crippen LogP contribution >= 0.6 is 23.1 Å². The number of amides is 2. The van der Waals surface area contributed by atoms with Crippen molar-refractivity contribution in [3.8, 4) is 0 Å². The molecule has 10 heteroatoms. The quantitative estimate of drug-likeness (QED) is 0.344. The molecule has 31 heavy (non-hydrogen) atoms. The maximum Gasteiger partial charge on any atom is 0.325 e. The van der Waals surface area contributed by atoms with Crippen LogP contribution in [0.25, 0.3) is 5.65 Å². The molecule has 0 saturated heterocycles. The summed E-state index contributed by atoms with van der Waals surface area (Å²) in [7, 11) is 0. The molecule has 1 aromatic carbocycles. The standard InChI is InChI=1S/C21H20N6O2S2/c1-12-7-8-17-22-15(9-18(28)27(17)10-12)11-30-21-26-25-20(31-21)24-19(29)23-16-6-4-5-13(2)14(16)3/h4-10H,11H2,1-3H3,(H2,23,24,25,29). The van der Waals surface area contributed by atoms with Gasteiger partial charge in [-0.05, 0) is 49.6 Å². The van der Waals surface area contributed by atoms with E-state index in [-0.39, 0.29) is 11.6 Å². The van der Waals surface area contributed by atoms with Gasteiger partial charge in [-0.1, -0.05) is 41.3 Å². The van der Waals surface area contributed by atoms with Gasteiger partial charge in [0.15, 0.2) is 4.34 Å². The van der Waals surface area contributed by atoms with Crippen LogP contribution < -0.4 is 16.2 Å². The van der Waals surface area contributed by atoms with Gasteiger partial charge < -0.3 is 5.32 Å². The lowest BCUT2D eigenvalue weighted by Gasteiger charge is -2.09. The molecule has 0 aliphatic heterocycles. The van der Waals surface area contributed by atoms with Crippen LogP contribution in [0.5, 0.6) is 0 Å². The van der Waals surface area contributed by atoms with Crippen molar-refractivity contribution in [3.63, 3.8) is 0 Å². The molecule has 0 atom stereocenters. The first-order valence-corrected chi connectivity index (χ1v) is 11.3. The molecule has 0 bridgehead atoms. The van der Waals surface area contributed by atoms with Gasteiger partial charge in [0, 0.05) is 23.7 Å². The molecule has 0 aliphatic rings. The lowest BCUT2D eigenvalue weighted by atomic mass is 10.1. The third-order valence-electron chi connectivity index (χ3n) is 4.68. The van der Waals surface area contributed by atoms with Gasteiger partial charge in [0.25, 0.3) is 5.56 Å². The number of aromatic nitrogens is 4. The number of anilines is 2. The Morgan fingerprint density at radius 2 is 1.97 bits per heavy atom. The molecule has 0 radical (unpaired) electrons. The molecule has 0 saturated carbocycles. The molecular weight excluding hydrogens is 432 g/mol. The molecular formula is C21H20N6O2S2. The lowest BCUT2D eigenvalue weighted by molar-refractivity contribution is 0.262. The van der Waals surface area contributed by atoms with Crippen LogP contribution in [0.15, 0.2) is 51.7 Å². The van der Waals surface area contributed by atoms with Gasteiger partial charge >= 0.3 is 6.03 Å². The van der Waals surface area contributed by atoms with Crippen molar-refractivity contribution < 1.29 is 4.79 Å². The Bertz CT molecular complexity index is 1330. The van der Waals surface area contributed by atoms with Crippen LogP contribution in [0.1, 0.15) is 22.4 Å². The molecule has 8 nitrogen and oxygen atoms in total. The summed E-state index contributed by atoms with van der Waals surface area (Å²) >= 11 is 2.68. The Morgan fingerprint density at radius 3 is 2.81 bits per heavy atom. The molecule has 3 heterocycles. The zero-order valence-electron chi connectivity index (χ0n) is 17.2. The summed E-state index contributed by atoms with van der Waals surface area (Å²) in [6.45, 7) is 5.88. The normalized spacial score (nSPS) is 10.9. The Labute approximate surface area is 186 Å². The molecule has 2 amide bonds. The van der Waals surface area contributed by atoms with Gasteiger partial charge in [-0.3, -0.25) is 14.5 Å². The maximum atomic E-state index is 12.3. The number of thioether (sulfide) groups is 1. The molecule has 0 unspecified atom stereocenters. The lowest BCUT2D eigenvalue weighted by Crippen LogP contribution is -2.20. The van der Waals surface area contributed by atoms with E-state index in [0.717, 1.165) is 22.4 Å². The van der Waals surface area contributed by atoms with Crippen LogP contribution in [0, 0.1) is 20.8 Å². The molecule has 158 valence electrons. The van der Waals surface area contributed by atoms with Crippen LogP contribution in [0.2, 0.25) is 0 Å². The summed E-state index contributed by atoms with van der Waals surface area (Å²) in [5, 5.41) is 14.0. The van der Waals surface area contributed by atoms with E-state index in [0.29, 0.717) is 26.6 Å². The smallest absolute Gasteiger partial charge is 0.307 e. The van der Waals surface area contributed by atoms with Crippen LogP contribution in [-0.2, 0) is 5.75 Å². The highest BCUT2D eigenvalue weighted by atomic mass is 32.2. The summed E-state index contributed by atoms with van der Waals surface area (Å²) < 4.78 is 2.21. The summed E-state index contributed by atoms with van der Waals surface area (Å²) in [6, 6.07) is 10.6. The predicted octanol–water partition coefficient (Wildman–Crippen LogP) is 4.41. The number of fused-ring (bicyclic) bond motifs is 1. The second-order valence-corrected chi connectivity index (χ2v) is 9.21. The third kappa shape index (κ3) is 4.92. The largest absolute Gasteiger partial charge is 0.325 e. The van der Waals surface area contributed by atoms with Crippen molar-refractivity contribution >= 4 is 45.6 Å². The molecule has 3 aromatic heterocycles.